The molecule has 160 valence electrons. The van der Waals surface area contributed by atoms with E-state index in [1.807, 2.05) is 32.9 Å². The molecule has 0 aromatic heterocycles. The predicted molar refractivity (Wildman–Crippen MR) is 119 cm³/mol. The van der Waals surface area contributed by atoms with E-state index in [1.54, 1.807) is 30.3 Å². The van der Waals surface area contributed by atoms with Gasteiger partial charge in [0.15, 0.2) is 0 Å². The van der Waals surface area contributed by atoms with Crippen LogP contribution in [0.1, 0.15) is 42.4 Å². The van der Waals surface area contributed by atoms with E-state index >= 15 is 0 Å². The highest BCUT2D eigenvalue weighted by Crippen LogP contribution is 2.44. The zero-order valence-electron chi connectivity index (χ0n) is 17.9. The standard InChI is InChI=1S/C24H30N2O3S/c1-16-4-9-21(10-5-16)30(28,29)26(23-11-6-17(2)12-18(23)3)15-24(27)25-22-14-19-7-8-20(22)13-19/h4-6,9-12,19-20,22H,7-8,13-15H2,1-3H3,(H,25,27). The maximum atomic E-state index is 13.5. The molecule has 2 aliphatic carbocycles. The number of anilines is 1. The Morgan fingerprint density at radius 3 is 2.30 bits per heavy atom. The number of carbonyl (C=O) groups is 1. The number of sulfonamides is 1. The number of hydrogen-bond acceptors (Lipinski definition) is 3. The van der Waals surface area contributed by atoms with Gasteiger partial charge in [0.2, 0.25) is 5.91 Å². The van der Waals surface area contributed by atoms with Crippen LogP contribution in [0.15, 0.2) is 47.4 Å². The summed E-state index contributed by atoms with van der Waals surface area (Å²) in [5, 5.41) is 3.13. The van der Waals surface area contributed by atoms with Crippen LogP contribution in [0.5, 0.6) is 0 Å². The van der Waals surface area contributed by atoms with Gasteiger partial charge in [0.25, 0.3) is 10.0 Å². The summed E-state index contributed by atoms with van der Waals surface area (Å²) in [6.07, 6.45) is 4.63. The van der Waals surface area contributed by atoms with E-state index in [2.05, 4.69) is 5.32 Å². The van der Waals surface area contributed by atoms with E-state index < -0.39 is 10.0 Å². The fourth-order valence-electron chi connectivity index (χ4n) is 5.03. The number of fused-ring (bicyclic) bond motifs is 2. The van der Waals surface area contributed by atoms with Crippen molar-refractivity contribution in [2.75, 3.05) is 10.8 Å². The highest BCUT2D eigenvalue weighted by atomic mass is 32.2. The Morgan fingerprint density at radius 1 is 1.00 bits per heavy atom. The SMILES string of the molecule is Cc1ccc(S(=O)(=O)N(CC(=O)NC2CC3CCC2C3)c2ccc(C)cc2C)cc1. The number of rotatable bonds is 6. The van der Waals surface area contributed by atoms with Crippen LogP contribution in [-0.4, -0.2) is 26.9 Å². The molecule has 4 rings (SSSR count). The summed E-state index contributed by atoms with van der Waals surface area (Å²) >= 11 is 0. The van der Waals surface area contributed by atoms with Crippen molar-refractivity contribution in [3.8, 4) is 0 Å². The second-order valence-corrected chi connectivity index (χ2v) is 10.8. The zero-order chi connectivity index (χ0) is 21.5. The number of carbonyl (C=O) groups excluding carboxylic acids is 1. The molecular weight excluding hydrogens is 396 g/mol. The first-order valence-corrected chi connectivity index (χ1v) is 12.1. The first-order chi connectivity index (χ1) is 14.2. The molecule has 5 nitrogen and oxygen atoms in total. The Bertz CT molecular complexity index is 1050. The zero-order valence-corrected chi connectivity index (χ0v) is 18.7. The third-order valence-electron chi connectivity index (χ3n) is 6.60. The van der Waals surface area contributed by atoms with Crippen molar-refractivity contribution in [1.82, 2.24) is 5.32 Å². The van der Waals surface area contributed by atoms with Crippen LogP contribution in [0.4, 0.5) is 5.69 Å². The maximum absolute atomic E-state index is 13.5. The smallest absolute Gasteiger partial charge is 0.264 e. The van der Waals surface area contributed by atoms with E-state index in [1.165, 1.54) is 17.1 Å². The van der Waals surface area contributed by atoms with Crippen molar-refractivity contribution >= 4 is 21.6 Å². The number of amides is 1. The summed E-state index contributed by atoms with van der Waals surface area (Å²) < 4.78 is 28.3. The second kappa shape index (κ2) is 8.06. The Kier molecular flexibility index (Phi) is 5.62. The topological polar surface area (TPSA) is 66.5 Å². The molecule has 2 fully saturated rings. The molecule has 2 aromatic carbocycles. The van der Waals surface area contributed by atoms with Crippen molar-refractivity contribution in [3.63, 3.8) is 0 Å². The summed E-state index contributed by atoms with van der Waals surface area (Å²) in [5.74, 6) is 1.03. The van der Waals surface area contributed by atoms with E-state index in [4.69, 9.17) is 0 Å². The molecule has 0 heterocycles. The van der Waals surface area contributed by atoms with E-state index in [-0.39, 0.29) is 23.4 Å². The first-order valence-electron chi connectivity index (χ1n) is 10.7. The monoisotopic (exact) mass is 426 g/mol. The van der Waals surface area contributed by atoms with Gasteiger partial charge in [0.05, 0.1) is 10.6 Å². The van der Waals surface area contributed by atoms with Crippen LogP contribution in [-0.2, 0) is 14.8 Å². The highest BCUT2D eigenvalue weighted by Gasteiger charge is 2.40. The van der Waals surface area contributed by atoms with Gasteiger partial charge in [-0.1, -0.05) is 41.8 Å². The Balaban J connectivity index is 1.63. The van der Waals surface area contributed by atoms with Crippen molar-refractivity contribution in [1.29, 1.82) is 0 Å². The molecule has 2 aliphatic rings. The van der Waals surface area contributed by atoms with Gasteiger partial charge >= 0.3 is 0 Å². The molecule has 2 aromatic rings. The van der Waals surface area contributed by atoms with Crippen molar-refractivity contribution < 1.29 is 13.2 Å². The lowest BCUT2D eigenvalue weighted by atomic mass is 9.95. The average molecular weight is 427 g/mol. The minimum atomic E-state index is -3.87. The largest absolute Gasteiger partial charge is 0.352 e. The molecule has 3 atom stereocenters. The lowest BCUT2D eigenvalue weighted by molar-refractivity contribution is -0.120. The van der Waals surface area contributed by atoms with Gasteiger partial charge in [0.1, 0.15) is 6.54 Å². The summed E-state index contributed by atoms with van der Waals surface area (Å²) in [6, 6.07) is 12.6. The molecular formula is C24H30N2O3S. The number of benzene rings is 2. The fraction of sp³-hybridized carbons (Fsp3) is 0.458. The van der Waals surface area contributed by atoms with E-state index in [0.717, 1.165) is 29.5 Å². The van der Waals surface area contributed by atoms with Crippen molar-refractivity contribution in [3.05, 3.63) is 59.2 Å². The third kappa shape index (κ3) is 4.10. The van der Waals surface area contributed by atoms with Crippen LogP contribution in [0, 0.1) is 32.6 Å². The third-order valence-corrected chi connectivity index (χ3v) is 8.38. The summed E-state index contributed by atoms with van der Waals surface area (Å²) in [7, 11) is -3.87. The predicted octanol–water partition coefficient (Wildman–Crippen LogP) is 4.11. The van der Waals surface area contributed by atoms with Gasteiger partial charge in [-0.25, -0.2) is 8.42 Å². The Labute approximate surface area is 179 Å². The lowest BCUT2D eigenvalue weighted by Gasteiger charge is -2.28. The molecule has 6 heteroatoms. The Hall–Kier alpha value is -2.34. The van der Waals surface area contributed by atoms with E-state index in [0.29, 0.717) is 17.5 Å². The number of nitrogens with zero attached hydrogens (tertiary/aromatic N) is 1. The average Bonchev–Trinajstić information content (AvgIpc) is 3.30. The molecule has 0 aliphatic heterocycles. The molecule has 0 spiro atoms. The van der Waals surface area contributed by atoms with Gasteiger partial charge in [-0.15, -0.1) is 0 Å². The Morgan fingerprint density at radius 2 is 1.70 bits per heavy atom. The molecule has 1 amide bonds. The lowest BCUT2D eigenvalue weighted by Crippen LogP contribution is -2.46. The number of nitrogens with one attached hydrogen (secondary N) is 1. The van der Waals surface area contributed by atoms with Gasteiger partial charge in [-0.2, -0.15) is 0 Å². The van der Waals surface area contributed by atoms with E-state index in [9.17, 15) is 13.2 Å². The first kappa shape index (κ1) is 20.9. The minimum absolute atomic E-state index is 0.180. The van der Waals surface area contributed by atoms with Gasteiger partial charge in [-0.3, -0.25) is 9.10 Å². The molecule has 3 unspecified atom stereocenters. The fourth-order valence-corrected chi connectivity index (χ4v) is 6.51. The van der Waals surface area contributed by atoms with Crippen LogP contribution < -0.4 is 9.62 Å². The molecule has 0 saturated heterocycles. The number of hydrogen-bond donors (Lipinski definition) is 1. The molecule has 1 N–H and O–H groups in total. The van der Waals surface area contributed by atoms with Gasteiger partial charge in [-0.05, 0) is 75.6 Å². The summed E-state index contributed by atoms with van der Waals surface area (Å²) in [5.41, 5.74) is 3.42. The quantitative estimate of drug-likeness (QED) is 0.756. The van der Waals surface area contributed by atoms with Crippen LogP contribution in [0.2, 0.25) is 0 Å². The van der Waals surface area contributed by atoms with Crippen LogP contribution in [0.3, 0.4) is 0 Å². The summed E-state index contributed by atoms with van der Waals surface area (Å²) in [6.45, 7) is 5.56. The highest BCUT2D eigenvalue weighted by molar-refractivity contribution is 7.92. The molecule has 2 saturated carbocycles. The molecule has 2 bridgehead atoms. The maximum Gasteiger partial charge on any atom is 0.264 e. The molecule has 0 radical (unpaired) electrons. The normalized spacial score (nSPS) is 22.8. The van der Waals surface area contributed by atoms with Crippen LogP contribution >= 0.6 is 0 Å². The second-order valence-electron chi connectivity index (χ2n) is 8.96. The van der Waals surface area contributed by atoms with Gasteiger partial charge in [0, 0.05) is 6.04 Å². The van der Waals surface area contributed by atoms with Gasteiger partial charge < -0.3 is 5.32 Å². The summed E-state index contributed by atoms with van der Waals surface area (Å²) in [4.78, 5) is 13.1. The van der Waals surface area contributed by atoms with Crippen molar-refractivity contribution in [2.24, 2.45) is 11.8 Å². The number of aryl methyl sites for hydroxylation is 3. The van der Waals surface area contributed by atoms with Crippen LogP contribution in [0.25, 0.3) is 0 Å². The molecule has 30 heavy (non-hydrogen) atoms. The van der Waals surface area contributed by atoms with Crippen molar-refractivity contribution in [2.45, 2.75) is 57.4 Å². The minimum Gasteiger partial charge on any atom is -0.352 e.